The molecule has 4 heteroatoms. The highest BCUT2D eigenvalue weighted by Crippen LogP contribution is 2.40. The first kappa shape index (κ1) is 16.0. The number of fused-ring (bicyclic) bond motifs is 1. The molecule has 3 nitrogen and oxygen atoms in total. The van der Waals surface area contributed by atoms with Gasteiger partial charge in [-0.15, -0.1) is 0 Å². The molecule has 0 spiro atoms. The number of ether oxygens (including phenoxy) is 1. The van der Waals surface area contributed by atoms with Crippen LogP contribution in [0.2, 0.25) is 0 Å². The van der Waals surface area contributed by atoms with Crippen molar-refractivity contribution < 1.29 is 9.13 Å². The van der Waals surface area contributed by atoms with E-state index in [2.05, 4.69) is 10.3 Å². The van der Waals surface area contributed by atoms with Crippen LogP contribution in [0, 0.1) is 5.82 Å². The number of nitrogens with zero attached hydrogens (tertiary/aromatic N) is 1. The van der Waals surface area contributed by atoms with E-state index in [1.165, 1.54) is 12.3 Å². The summed E-state index contributed by atoms with van der Waals surface area (Å²) in [6, 6.07) is 9.06. The van der Waals surface area contributed by atoms with Gasteiger partial charge in [0.1, 0.15) is 17.2 Å². The Morgan fingerprint density at radius 1 is 1.18 bits per heavy atom. The number of anilines is 1. The summed E-state index contributed by atoms with van der Waals surface area (Å²) in [5.41, 5.74) is 3.21. The Balaban J connectivity index is 0.00000176. The summed E-state index contributed by atoms with van der Waals surface area (Å²) in [5.74, 6) is 0.465. The molecular weight excluding hydrogens is 279 g/mol. The zero-order valence-corrected chi connectivity index (χ0v) is 12.3. The van der Waals surface area contributed by atoms with Gasteiger partial charge >= 0.3 is 0 Å². The van der Waals surface area contributed by atoms with Gasteiger partial charge in [-0.2, -0.15) is 0 Å². The summed E-state index contributed by atoms with van der Waals surface area (Å²) in [7, 11) is 1.87. The summed E-state index contributed by atoms with van der Waals surface area (Å²) in [6.45, 7) is 3.98. The molecule has 0 unspecified atom stereocenters. The molecule has 116 valence electrons. The van der Waals surface area contributed by atoms with Crippen molar-refractivity contribution in [1.82, 2.24) is 4.98 Å². The second kappa shape index (κ2) is 5.79. The minimum Gasteiger partial charge on any atom is -0.483 e. The molecule has 1 aliphatic rings. The Labute approximate surface area is 130 Å². The van der Waals surface area contributed by atoms with Crippen LogP contribution < -0.4 is 10.1 Å². The number of nitrogens with one attached hydrogen (secondary N) is 1. The summed E-state index contributed by atoms with van der Waals surface area (Å²) >= 11 is 0. The van der Waals surface area contributed by atoms with Gasteiger partial charge in [-0.1, -0.05) is 7.43 Å². The number of aromatic nitrogens is 1. The fraction of sp³-hybridized carbons (Fsp3) is 0.278. The first-order chi connectivity index (χ1) is 9.98. The molecule has 0 aliphatic carbocycles. The predicted molar refractivity (Wildman–Crippen MR) is 88.7 cm³/mol. The van der Waals surface area contributed by atoms with Gasteiger partial charge in [0.2, 0.25) is 0 Å². The van der Waals surface area contributed by atoms with Crippen LogP contribution in [0.5, 0.6) is 5.75 Å². The average Bonchev–Trinajstić information content (AvgIpc) is 2.45. The first-order valence-corrected chi connectivity index (χ1v) is 6.84. The molecule has 1 N–H and O–H groups in total. The van der Waals surface area contributed by atoms with E-state index in [9.17, 15) is 4.39 Å². The predicted octanol–water partition coefficient (Wildman–Crippen LogP) is 4.50. The molecule has 0 radical (unpaired) electrons. The van der Waals surface area contributed by atoms with Crippen molar-refractivity contribution in [3.63, 3.8) is 0 Å². The zero-order chi connectivity index (χ0) is 15.0. The molecule has 0 bridgehead atoms. The second-order valence-corrected chi connectivity index (χ2v) is 5.59. The van der Waals surface area contributed by atoms with Crippen molar-refractivity contribution in [3.05, 3.63) is 59.7 Å². The Kier molecular flexibility index (Phi) is 4.22. The van der Waals surface area contributed by atoms with Crippen molar-refractivity contribution >= 4 is 11.3 Å². The molecule has 0 atom stereocenters. The largest absolute Gasteiger partial charge is 0.483 e. The molecule has 1 aliphatic heterocycles. The number of pyridine rings is 1. The van der Waals surface area contributed by atoms with Gasteiger partial charge in [0.25, 0.3) is 0 Å². The van der Waals surface area contributed by atoms with Gasteiger partial charge in [0.05, 0.1) is 11.9 Å². The fourth-order valence-corrected chi connectivity index (χ4v) is 2.47. The van der Waals surface area contributed by atoms with Crippen LogP contribution in [-0.2, 0) is 0 Å². The van der Waals surface area contributed by atoms with Gasteiger partial charge in [-0.3, -0.25) is 4.98 Å². The molecule has 3 rings (SSSR count). The Bertz CT molecular complexity index is 706. The van der Waals surface area contributed by atoms with E-state index in [-0.39, 0.29) is 13.2 Å². The van der Waals surface area contributed by atoms with Crippen LogP contribution in [-0.4, -0.2) is 17.6 Å². The fourth-order valence-electron chi connectivity index (χ4n) is 2.47. The quantitative estimate of drug-likeness (QED) is 0.886. The first-order valence-electron chi connectivity index (χ1n) is 6.84. The molecular formula is C18H21FN2O. The number of benzene rings is 1. The van der Waals surface area contributed by atoms with Crippen LogP contribution in [0.25, 0.3) is 5.57 Å². The molecule has 1 aromatic carbocycles. The molecule has 2 aromatic rings. The van der Waals surface area contributed by atoms with Gasteiger partial charge in [-0.25, -0.2) is 4.39 Å². The third kappa shape index (κ3) is 2.96. The minimum absolute atomic E-state index is 0. The molecule has 2 heterocycles. The Hall–Kier alpha value is -2.36. The van der Waals surface area contributed by atoms with E-state index < -0.39 is 5.60 Å². The summed E-state index contributed by atoms with van der Waals surface area (Å²) in [4.78, 5) is 4.19. The number of hydrogen-bond donors (Lipinski definition) is 1. The second-order valence-electron chi connectivity index (χ2n) is 5.59. The minimum atomic E-state index is -0.440. The summed E-state index contributed by atoms with van der Waals surface area (Å²) in [5, 5.41) is 3.10. The number of hydrogen-bond acceptors (Lipinski definition) is 3. The molecule has 22 heavy (non-hydrogen) atoms. The zero-order valence-electron chi connectivity index (χ0n) is 12.3. The molecule has 0 fully saturated rings. The maximum atomic E-state index is 13.1. The smallest absolute Gasteiger partial charge is 0.141 e. The van der Waals surface area contributed by atoms with E-state index in [0.29, 0.717) is 0 Å². The van der Waals surface area contributed by atoms with Gasteiger partial charge in [0, 0.05) is 29.9 Å². The number of halogens is 1. The summed E-state index contributed by atoms with van der Waals surface area (Å²) in [6.07, 6.45) is 3.26. The maximum absolute atomic E-state index is 13.1. The van der Waals surface area contributed by atoms with E-state index >= 15 is 0 Å². The standard InChI is InChI=1S/C17H17FN2O.CH4/c1-17(2)9-14(15-7-4-11(18)10-20-15)13-6-5-12(19-3)8-16(13)21-17;/h4-10,19H,1-3H3;1H4. The van der Waals surface area contributed by atoms with E-state index in [1.807, 2.05) is 45.2 Å². The van der Waals surface area contributed by atoms with Gasteiger partial charge in [-0.05, 0) is 44.2 Å². The van der Waals surface area contributed by atoms with Crippen molar-refractivity contribution in [2.75, 3.05) is 12.4 Å². The lowest BCUT2D eigenvalue weighted by Gasteiger charge is -2.31. The molecule has 0 saturated heterocycles. The molecule has 0 saturated carbocycles. The maximum Gasteiger partial charge on any atom is 0.141 e. The Morgan fingerprint density at radius 3 is 2.59 bits per heavy atom. The normalized spacial score (nSPS) is 15.0. The molecule has 0 amide bonds. The highest BCUT2D eigenvalue weighted by atomic mass is 19.1. The Morgan fingerprint density at radius 2 is 1.95 bits per heavy atom. The van der Waals surface area contributed by atoms with Crippen molar-refractivity contribution in [2.24, 2.45) is 0 Å². The number of rotatable bonds is 2. The van der Waals surface area contributed by atoms with E-state index in [4.69, 9.17) is 4.74 Å². The monoisotopic (exact) mass is 300 g/mol. The van der Waals surface area contributed by atoms with Crippen LogP contribution >= 0.6 is 0 Å². The molecule has 1 aromatic heterocycles. The highest BCUT2D eigenvalue weighted by Gasteiger charge is 2.27. The van der Waals surface area contributed by atoms with Gasteiger partial charge in [0.15, 0.2) is 0 Å². The van der Waals surface area contributed by atoms with Crippen LogP contribution in [0.4, 0.5) is 10.1 Å². The van der Waals surface area contributed by atoms with Crippen molar-refractivity contribution in [1.29, 1.82) is 0 Å². The lowest BCUT2D eigenvalue weighted by atomic mass is 9.92. The van der Waals surface area contributed by atoms with Gasteiger partial charge < -0.3 is 10.1 Å². The summed E-state index contributed by atoms with van der Waals surface area (Å²) < 4.78 is 19.1. The van der Waals surface area contributed by atoms with Crippen molar-refractivity contribution in [3.8, 4) is 5.75 Å². The van der Waals surface area contributed by atoms with Crippen LogP contribution in [0.3, 0.4) is 0 Å². The van der Waals surface area contributed by atoms with Crippen LogP contribution in [0.15, 0.2) is 42.6 Å². The van der Waals surface area contributed by atoms with Crippen LogP contribution in [0.1, 0.15) is 32.5 Å². The average molecular weight is 300 g/mol. The SMILES string of the molecule is C.CNc1ccc2c(c1)OC(C)(C)C=C2c1ccc(F)cn1. The van der Waals surface area contributed by atoms with E-state index in [0.717, 1.165) is 28.3 Å². The lowest BCUT2D eigenvalue weighted by molar-refractivity contribution is 0.158. The third-order valence-electron chi connectivity index (χ3n) is 3.43. The topological polar surface area (TPSA) is 34.1 Å². The third-order valence-corrected chi connectivity index (χ3v) is 3.43. The lowest BCUT2D eigenvalue weighted by Crippen LogP contribution is -2.29. The van der Waals surface area contributed by atoms with Crippen molar-refractivity contribution in [2.45, 2.75) is 26.9 Å². The highest BCUT2D eigenvalue weighted by molar-refractivity contribution is 5.84. The van der Waals surface area contributed by atoms with E-state index in [1.54, 1.807) is 6.07 Å².